The van der Waals surface area contributed by atoms with Gasteiger partial charge in [-0.25, -0.2) is 18.4 Å². The van der Waals surface area contributed by atoms with Gasteiger partial charge in [0.05, 0.1) is 12.7 Å². The molecule has 2 aliphatic rings. The first-order chi connectivity index (χ1) is 17.8. The Morgan fingerprint density at radius 2 is 2.05 bits per heavy atom. The monoisotopic (exact) mass is 537 g/mol. The summed E-state index contributed by atoms with van der Waals surface area (Å²) in [5.74, 6) is -1.95. The molecule has 1 aliphatic heterocycles. The third-order valence-corrected chi connectivity index (χ3v) is 6.74. The number of esters is 1. The summed E-state index contributed by atoms with van der Waals surface area (Å²) in [5.41, 5.74) is 0.353. The van der Waals surface area contributed by atoms with Crippen molar-refractivity contribution in [3.8, 4) is 5.88 Å². The maximum Gasteiger partial charge on any atom is 0.346 e. The van der Waals surface area contributed by atoms with Crippen molar-refractivity contribution in [3.05, 3.63) is 40.7 Å². The molecule has 10 nitrogen and oxygen atoms in total. The highest BCUT2D eigenvalue weighted by molar-refractivity contribution is 7.11. The lowest BCUT2D eigenvalue weighted by molar-refractivity contribution is 0.0596. The van der Waals surface area contributed by atoms with Gasteiger partial charge in [-0.3, -0.25) is 10.1 Å². The number of benzene rings is 1. The minimum absolute atomic E-state index is 0.0532. The van der Waals surface area contributed by atoms with Crippen molar-refractivity contribution in [1.82, 2.24) is 19.9 Å². The summed E-state index contributed by atoms with van der Waals surface area (Å²) in [6, 6.07) is 3.59. The second-order valence-corrected chi connectivity index (χ2v) is 9.73. The first-order valence-corrected chi connectivity index (χ1v) is 12.8. The van der Waals surface area contributed by atoms with Crippen LogP contribution in [0.4, 0.5) is 18.6 Å². The number of aromatic nitrogens is 1. The molecule has 1 aromatic heterocycles. The first-order valence-electron chi connectivity index (χ1n) is 12.1. The van der Waals surface area contributed by atoms with Crippen LogP contribution in [0.15, 0.2) is 18.2 Å². The molecule has 4 rings (SSSR count). The molecule has 0 bridgehead atoms. The normalized spacial score (nSPS) is 17.3. The maximum atomic E-state index is 14.2. The van der Waals surface area contributed by atoms with Crippen LogP contribution in [0.25, 0.3) is 0 Å². The van der Waals surface area contributed by atoms with Crippen LogP contribution >= 0.6 is 11.5 Å². The van der Waals surface area contributed by atoms with E-state index in [1.807, 2.05) is 4.90 Å². The highest BCUT2D eigenvalue weighted by Gasteiger charge is 2.27. The largest absolute Gasteiger partial charge is 0.472 e. The number of halogens is 2. The number of methoxy groups -OCH3 is 1. The Morgan fingerprint density at radius 1 is 1.24 bits per heavy atom. The molecule has 0 radical (unpaired) electrons. The number of rotatable bonds is 11. The van der Waals surface area contributed by atoms with E-state index in [0.717, 1.165) is 24.4 Å². The van der Waals surface area contributed by atoms with E-state index in [9.17, 15) is 23.2 Å². The van der Waals surface area contributed by atoms with Crippen molar-refractivity contribution < 1.29 is 32.6 Å². The maximum absolute atomic E-state index is 14.2. The summed E-state index contributed by atoms with van der Waals surface area (Å²) >= 11 is 0.846. The second kappa shape index (κ2) is 12.3. The fraction of sp³-hybridized carbons (Fsp3) is 0.500. The highest BCUT2D eigenvalue weighted by atomic mass is 32.1. The quantitative estimate of drug-likeness (QED) is 0.297. The summed E-state index contributed by atoms with van der Waals surface area (Å²) in [4.78, 5) is 39.0. The van der Waals surface area contributed by atoms with E-state index in [1.165, 1.54) is 25.3 Å². The molecule has 3 amide bonds. The second-order valence-electron chi connectivity index (χ2n) is 8.96. The predicted octanol–water partition coefficient (Wildman–Crippen LogP) is 3.10. The lowest BCUT2D eigenvalue weighted by Gasteiger charge is -2.14. The number of carbonyl (C=O) groups excluding carboxylic acids is 3. The van der Waals surface area contributed by atoms with E-state index in [4.69, 9.17) is 9.47 Å². The van der Waals surface area contributed by atoms with Crippen LogP contribution in [0.2, 0.25) is 0 Å². The Morgan fingerprint density at radius 3 is 2.76 bits per heavy atom. The SMILES string of the molecule is COC(=O)c1c(OCc2ccc(F)c(C(=O)NC3CC3)c2)nsc1NC(=O)NCCCN1CC[C@H](F)C1. The summed E-state index contributed by atoms with van der Waals surface area (Å²) in [6.45, 7) is 2.09. The summed E-state index contributed by atoms with van der Waals surface area (Å²) < 4.78 is 42.0. The van der Waals surface area contributed by atoms with Gasteiger partial charge in [-0.15, -0.1) is 0 Å². The smallest absolute Gasteiger partial charge is 0.346 e. The van der Waals surface area contributed by atoms with Gasteiger partial charge in [-0.1, -0.05) is 6.07 Å². The molecular formula is C24H29F2N5O5S. The Balaban J connectivity index is 1.33. The molecule has 1 atom stereocenters. The van der Waals surface area contributed by atoms with E-state index in [-0.39, 0.29) is 34.7 Å². The molecule has 1 aliphatic carbocycles. The number of anilines is 1. The van der Waals surface area contributed by atoms with E-state index in [1.54, 1.807) is 0 Å². The van der Waals surface area contributed by atoms with Crippen molar-refractivity contribution in [2.75, 3.05) is 38.6 Å². The Hall–Kier alpha value is -3.32. The van der Waals surface area contributed by atoms with Gasteiger partial charge in [0.15, 0.2) is 5.56 Å². The van der Waals surface area contributed by atoms with Gasteiger partial charge >= 0.3 is 12.0 Å². The number of urea groups is 1. The fourth-order valence-corrected chi connectivity index (χ4v) is 4.58. The minimum atomic E-state index is -0.785. The third-order valence-electron chi connectivity index (χ3n) is 5.99. The number of likely N-dealkylation sites (tertiary alicyclic amines) is 1. The van der Waals surface area contributed by atoms with Crippen LogP contribution in [0.5, 0.6) is 5.88 Å². The molecule has 2 aromatic rings. The summed E-state index contributed by atoms with van der Waals surface area (Å²) in [7, 11) is 1.19. The number of alkyl halides is 1. The van der Waals surface area contributed by atoms with Crippen LogP contribution in [0.3, 0.4) is 0 Å². The Bertz CT molecular complexity index is 1140. The van der Waals surface area contributed by atoms with Crippen LogP contribution in [0, 0.1) is 5.82 Å². The van der Waals surface area contributed by atoms with E-state index >= 15 is 0 Å². The fourth-order valence-electron chi connectivity index (χ4n) is 3.86. The van der Waals surface area contributed by atoms with Gasteiger partial charge in [-0.05, 0) is 61.5 Å². The zero-order valence-corrected chi connectivity index (χ0v) is 21.2. The third kappa shape index (κ3) is 7.35. The summed E-state index contributed by atoms with van der Waals surface area (Å²) in [6.07, 6.45) is 2.17. The average Bonchev–Trinajstić information content (AvgIpc) is 3.46. The van der Waals surface area contributed by atoms with Crippen LogP contribution in [-0.2, 0) is 11.3 Å². The van der Waals surface area contributed by atoms with Crippen molar-refractivity contribution in [1.29, 1.82) is 0 Å². The van der Waals surface area contributed by atoms with Gasteiger partial charge < -0.3 is 25.0 Å². The highest BCUT2D eigenvalue weighted by Crippen LogP contribution is 2.32. The Kier molecular flexibility index (Phi) is 8.87. The number of hydrogen-bond acceptors (Lipinski definition) is 8. The molecule has 37 heavy (non-hydrogen) atoms. The lowest BCUT2D eigenvalue weighted by atomic mass is 10.1. The molecule has 2 fully saturated rings. The first kappa shape index (κ1) is 26.7. The van der Waals surface area contributed by atoms with Gasteiger partial charge in [-0.2, -0.15) is 4.37 Å². The van der Waals surface area contributed by atoms with Crippen LogP contribution in [-0.4, -0.2) is 72.7 Å². The van der Waals surface area contributed by atoms with Crippen molar-refractivity contribution in [2.45, 2.75) is 44.5 Å². The number of nitrogens with one attached hydrogen (secondary N) is 3. The number of carbonyl (C=O) groups is 3. The minimum Gasteiger partial charge on any atom is -0.472 e. The molecular weight excluding hydrogens is 508 g/mol. The topological polar surface area (TPSA) is 122 Å². The van der Waals surface area contributed by atoms with Gasteiger partial charge in [0, 0.05) is 25.7 Å². The Labute approximate surface area is 216 Å². The molecule has 2 heterocycles. The molecule has 1 aromatic carbocycles. The zero-order valence-electron chi connectivity index (χ0n) is 20.4. The lowest BCUT2D eigenvalue weighted by Crippen LogP contribution is -2.32. The average molecular weight is 538 g/mol. The molecule has 13 heteroatoms. The van der Waals surface area contributed by atoms with Gasteiger partial charge in [0.1, 0.15) is 23.6 Å². The molecule has 0 spiro atoms. The van der Waals surface area contributed by atoms with Crippen molar-refractivity contribution in [2.24, 2.45) is 0 Å². The molecule has 0 unspecified atom stereocenters. The van der Waals surface area contributed by atoms with E-state index in [2.05, 4.69) is 20.3 Å². The van der Waals surface area contributed by atoms with E-state index in [0.29, 0.717) is 44.6 Å². The summed E-state index contributed by atoms with van der Waals surface area (Å²) in [5, 5.41) is 8.17. The number of hydrogen-bond donors (Lipinski definition) is 3. The number of nitrogens with zero attached hydrogens (tertiary/aromatic N) is 2. The molecule has 200 valence electrons. The van der Waals surface area contributed by atoms with Gasteiger partial charge in [0.2, 0.25) is 5.88 Å². The standard InChI is InChI=1S/C24H29F2N5O5S/c1-35-23(33)19-21(36-13-14-3-6-18(26)17(11-14)20(32)28-16-4-5-16)30-37-22(19)29-24(34)27-8-2-9-31-10-7-15(25)12-31/h3,6,11,15-16H,2,4-5,7-10,12-13H2,1H3,(H,28,32)(H2,27,29,34)/t15-/m0/s1. The molecule has 1 saturated carbocycles. The molecule has 1 saturated heterocycles. The predicted molar refractivity (Wildman–Crippen MR) is 132 cm³/mol. The van der Waals surface area contributed by atoms with Gasteiger partial charge in [0.25, 0.3) is 5.91 Å². The number of ether oxygens (including phenoxy) is 2. The number of amides is 3. The van der Waals surface area contributed by atoms with Crippen LogP contribution in [0.1, 0.15) is 52.0 Å². The van der Waals surface area contributed by atoms with E-state index < -0.39 is 29.9 Å². The molecule has 3 N–H and O–H groups in total. The zero-order chi connectivity index (χ0) is 26.4. The van der Waals surface area contributed by atoms with Crippen molar-refractivity contribution in [3.63, 3.8) is 0 Å². The van der Waals surface area contributed by atoms with Crippen molar-refractivity contribution >= 4 is 34.4 Å². The van der Waals surface area contributed by atoms with Crippen LogP contribution < -0.4 is 20.7 Å².